The third-order valence-electron chi connectivity index (χ3n) is 2.33. The molecule has 1 N–H and O–H groups in total. The quantitative estimate of drug-likeness (QED) is 0.815. The van der Waals surface area contributed by atoms with Crippen LogP contribution in [0.15, 0.2) is 30.5 Å². The zero-order valence-electron chi connectivity index (χ0n) is 8.56. The molecule has 0 amide bonds. The van der Waals surface area contributed by atoms with Crippen molar-refractivity contribution < 1.29 is 13.6 Å². The Bertz CT molecular complexity index is 512. The van der Waals surface area contributed by atoms with Crippen LogP contribution in [-0.2, 0) is 13.6 Å². The summed E-state index contributed by atoms with van der Waals surface area (Å²) in [7, 11) is -0.366. The number of nitrogens with one attached hydrogen (secondary N) is 1. The first-order valence-electron chi connectivity index (χ1n) is 4.49. The average molecular weight is 225 g/mol. The standard InChI is InChI=1S/C10H12NO3P/c1-13-15(12,14-2)9-3-4-10-8(7-9)5-6-11-10/h3-7,11H,1-2H3. The van der Waals surface area contributed by atoms with Gasteiger partial charge in [0.1, 0.15) is 0 Å². The van der Waals surface area contributed by atoms with Crippen LogP contribution in [0.3, 0.4) is 0 Å². The predicted octanol–water partition coefficient (Wildman–Crippen LogP) is 2.28. The Kier molecular flexibility index (Phi) is 2.65. The lowest BCUT2D eigenvalue weighted by atomic mass is 10.2. The van der Waals surface area contributed by atoms with Gasteiger partial charge in [0.05, 0.1) is 5.30 Å². The number of rotatable bonds is 3. The highest BCUT2D eigenvalue weighted by Crippen LogP contribution is 2.45. The van der Waals surface area contributed by atoms with E-state index in [-0.39, 0.29) is 0 Å². The topological polar surface area (TPSA) is 51.3 Å². The van der Waals surface area contributed by atoms with Crippen LogP contribution in [-0.4, -0.2) is 19.2 Å². The van der Waals surface area contributed by atoms with Gasteiger partial charge in [-0.25, -0.2) is 0 Å². The van der Waals surface area contributed by atoms with Crippen molar-refractivity contribution in [3.63, 3.8) is 0 Å². The van der Waals surface area contributed by atoms with E-state index in [1.165, 1.54) is 14.2 Å². The molecule has 0 saturated carbocycles. The number of aromatic nitrogens is 1. The maximum Gasteiger partial charge on any atom is 0.360 e. The van der Waals surface area contributed by atoms with Crippen molar-refractivity contribution >= 4 is 23.8 Å². The van der Waals surface area contributed by atoms with Crippen LogP contribution in [0.25, 0.3) is 10.9 Å². The van der Waals surface area contributed by atoms with Crippen molar-refractivity contribution in [3.05, 3.63) is 30.5 Å². The fourth-order valence-corrected chi connectivity index (χ4v) is 2.62. The van der Waals surface area contributed by atoms with E-state index in [2.05, 4.69) is 4.98 Å². The zero-order chi connectivity index (χ0) is 10.9. The molecule has 0 bridgehead atoms. The molecule has 0 radical (unpaired) electrons. The highest BCUT2D eigenvalue weighted by atomic mass is 31.2. The lowest BCUT2D eigenvalue weighted by Crippen LogP contribution is -2.06. The van der Waals surface area contributed by atoms with E-state index < -0.39 is 7.60 Å². The monoisotopic (exact) mass is 225 g/mol. The average Bonchev–Trinajstić information content (AvgIpc) is 2.74. The molecule has 0 aliphatic carbocycles. The molecule has 0 spiro atoms. The molecule has 4 nitrogen and oxygen atoms in total. The lowest BCUT2D eigenvalue weighted by Gasteiger charge is -2.13. The van der Waals surface area contributed by atoms with E-state index >= 15 is 0 Å². The lowest BCUT2D eigenvalue weighted by molar-refractivity contribution is 0.287. The Morgan fingerprint density at radius 1 is 1.20 bits per heavy atom. The number of aromatic amines is 1. The van der Waals surface area contributed by atoms with E-state index in [4.69, 9.17) is 9.05 Å². The molecule has 0 aliphatic heterocycles. The summed E-state index contributed by atoms with van der Waals surface area (Å²) in [6, 6.07) is 7.32. The predicted molar refractivity (Wildman–Crippen MR) is 59.6 cm³/mol. The summed E-state index contributed by atoms with van der Waals surface area (Å²) in [4.78, 5) is 3.06. The van der Waals surface area contributed by atoms with Crippen molar-refractivity contribution in [2.75, 3.05) is 14.2 Å². The molecule has 80 valence electrons. The fourth-order valence-electron chi connectivity index (χ4n) is 1.50. The van der Waals surface area contributed by atoms with Gasteiger partial charge < -0.3 is 14.0 Å². The number of H-pyrrole nitrogens is 1. The van der Waals surface area contributed by atoms with Crippen LogP contribution < -0.4 is 5.30 Å². The molecule has 2 aromatic rings. The highest BCUT2D eigenvalue weighted by molar-refractivity contribution is 7.62. The minimum atomic E-state index is -3.13. The van der Waals surface area contributed by atoms with Gasteiger partial charge >= 0.3 is 7.60 Å². The second-order valence-corrected chi connectivity index (χ2v) is 5.35. The second kappa shape index (κ2) is 3.81. The third kappa shape index (κ3) is 1.72. The van der Waals surface area contributed by atoms with Crippen molar-refractivity contribution in [1.82, 2.24) is 4.98 Å². The van der Waals surface area contributed by atoms with Gasteiger partial charge in [-0.05, 0) is 24.3 Å². The molecule has 1 heterocycles. The summed E-state index contributed by atoms with van der Waals surface area (Å²) in [5.74, 6) is 0. The van der Waals surface area contributed by atoms with E-state index in [1.54, 1.807) is 12.1 Å². The first-order chi connectivity index (χ1) is 7.19. The van der Waals surface area contributed by atoms with E-state index in [9.17, 15) is 4.57 Å². The molecule has 15 heavy (non-hydrogen) atoms. The Balaban J connectivity index is 2.56. The number of benzene rings is 1. The molecule has 0 unspecified atom stereocenters. The van der Waals surface area contributed by atoms with Crippen LogP contribution in [0.2, 0.25) is 0 Å². The molecule has 1 aromatic carbocycles. The molecule has 1 aromatic heterocycles. The van der Waals surface area contributed by atoms with Gasteiger partial charge in [-0.2, -0.15) is 0 Å². The SMILES string of the molecule is COP(=O)(OC)c1ccc2[nH]ccc2c1. The van der Waals surface area contributed by atoms with Gasteiger partial charge in [0.15, 0.2) is 0 Å². The van der Waals surface area contributed by atoms with E-state index in [0.29, 0.717) is 5.30 Å². The van der Waals surface area contributed by atoms with Gasteiger partial charge in [0, 0.05) is 31.3 Å². The molecule has 5 heteroatoms. The van der Waals surface area contributed by atoms with Crippen LogP contribution in [0, 0.1) is 0 Å². The Morgan fingerprint density at radius 3 is 2.60 bits per heavy atom. The first kappa shape index (κ1) is 10.4. The molecule has 0 aliphatic rings. The summed E-state index contributed by atoms with van der Waals surface area (Å²) >= 11 is 0. The third-order valence-corrected chi connectivity index (χ3v) is 4.21. The van der Waals surface area contributed by atoms with Crippen LogP contribution in [0.4, 0.5) is 0 Å². The summed E-state index contributed by atoms with van der Waals surface area (Å²) in [6.07, 6.45) is 1.83. The molecule has 2 rings (SSSR count). The largest absolute Gasteiger partial charge is 0.361 e. The maximum atomic E-state index is 12.1. The smallest absolute Gasteiger partial charge is 0.360 e. The molecule has 0 atom stereocenters. The summed E-state index contributed by atoms with van der Waals surface area (Å²) in [5, 5.41) is 1.56. The highest BCUT2D eigenvalue weighted by Gasteiger charge is 2.24. The molecular formula is C10H12NO3P. The minimum absolute atomic E-state index is 0.569. The van der Waals surface area contributed by atoms with E-state index in [0.717, 1.165) is 10.9 Å². The van der Waals surface area contributed by atoms with Gasteiger partial charge in [-0.15, -0.1) is 0 Å². The second-order valence-electron chi connectivity index (χ2n) is 3.11. The number of fused-ring (bicyclic) bond motifs is 1. The normalized spacial score (nSPS) is 12.1. The maximum absolute atomic E-state index is 12.1. The molecule has 0 saturated heterocycles. The van der Waals surface area contributed by atoms with Crippen LogP contribution in [0.5, 0.6) is 0 Å². The summed E-state index contributed by atoms with van der Waals surface area (Å²) < 4.78 is 21.9. The van der Waals surface area contributed by atoms with E-state index in [1.807, 2.05) is 18.3 Å². The van der Waals surface area contributed by atoms with Crippen molar-refractivity contribution in [1.29, 1.82) is 0 Å². The Labute approximate surface area is 87.7 Å². The first-order valence-corrected chi connectivity index (χ1v) is 6.03. The zero-order valence-corrected chi connectivity index (χ0v) is 9.45. The van der Waals surface area contributed by atoms with Gasteiger partial charge in [0.2, 0.25) is 0 Å². The number of hydrogen-bond acceptors (Lipinski definition) is 3. The summed E-state index contributed by atoms with van der Waals surface area (Å²) in [6.45, 7) is 0. The van der Waals surface area contributed by atoms with Crippen molar-refractivity contribution in [3.8, 4) is 0 Å². The van der Waals surface area contributed by atoms with Crippen LogP contribution >= 0.6 is 7.60 Å². The molecule has 0 fully saturated rings. The Morgan fingerprint density at radius 2 is 1.93 bits per heavy atom. The molecular weight excluding hydrogens is 213 g/mol. The van der Waals surface area contributed by atoms with Crippen LogP contribution in [0.1, 0.15) is 0 Å². The van der Waals surface area contributed by atoms with Crippen molar-refractivity contribution in [2.45, 2.75) is 0 Å². The Hall–Kier alpha value is -1.09. The fraction of sp³-hybridized carbons (Fsp3) is 0.200. The van der Waals surface area contributed by atoms with Gasteiger partial charge in [-0.1, -0.05) is 0 Å². The van der Waals surface area contributed by atoms with Gasteiger partial charge in [0.25, 0.3) is 0 Å². The number of hydrogen-bond donors (Lipinski definition) is 1. The van der Waals surface area contributed by atoms with Gasteiger partial charge in [-0.3, -0.25) is 4.57 Å². The summed E-state index contributed by atoms with van der Waals surface area (Å²) in [5.41, 5.74) is 0.998. The van der Waals surface area contributed by atoms with Crippen molar-refractivity contribution in [2.24, 2.45) is 0 Å². The minimum Gasteiger partial charge on any atom is -0.361 e.